The van der Waals surface area contributed by atoms with E-state index in [4.69, 9.17) is 49.0 Å². The molecule has 0 saturated heterocycles. The molecule has 246 valence electrons. The molecule has 0 N–H and O–H groups in total. The summed E-state index contributed by atoms with van der Waals surface area (Å²) in [6.07, 6.45) is -3.53. The van der Waals surface area contributed by atoms with Gasteiger partial charge >= 0.3 is 12.1 Å². The minimum Gasteiger partial charge on any atom is -0.490 e. The molecule has 47 heavy (non-hydrogen) atoms. The maximum Gasteiger partial charge on any atom is 0.434 e. The Morgan fingerprint density at radius 2 is 1.72 bits per heavy atom. The van der Waals surface area contributed by atoms with Crippen LogP contribution in [0.5, 0.6) is 11.5 Å². The first-order chi connectivity index (χ1) is 22.3. The molecule has 1 aliphatic heterocycles. The number of fused-ring (bicyclic) bond motifs is 1. The van der Waals surface area contributed by atoms with Gasteiger partial charge < -0.3 is 14.2 Å². The van der Waals surface area contributed by atoms with E-state index in [1.54, 1.807) is 37.3 Å². The third-order valence-electron chi connectivity index (χ3n) is 6.80. The summed E-state index contributed by atoms with van der Waals surface area (Å²) < 4.78 is 61.6. The number of halogens is 7. The highest BCUT2D eigenvalue weighted by molar-refractivity contribution is 9.10. The van der Waals surface area contributed by atoms with E-state index in [9.17, 15) is 22.8 Å². The molecule has 0 amide bonds. The number of esters is 1. The van der Waals surface area contributed by atoms with E-state index in [1.165, 1.54) is 37.3 Å². The lowest BCUT2D eigenvalue weighted by Crippen LogP contribution is -2.41. The fourth-order valence-corrected chi connectivity index (χ4v) is 6.98. The second-order valence-corrected chi connectivity index (χ2v) is 13.0. The van der Waals surface area contributed by atoms with Gasteiger partial charge in [-0.15, -0.1) is 0 Å². The second kappa shape index (κ2) is 14.4. The third-order valence-corrected chi connectivity index (χ3v) is 9.21. The number of thiazole rings is 1. The van der Waals surface area contributed by atoms with E-state index in [1.807, 2.05) is 0 Å². The second-order valence-electron chi connectivity index (χ2n) is 9.90. The van der Waals surface area contributed by atoms with Crippen LogP contribution in [-0.2, 0) is 16.1 Å². The molecule has 0 saturated carbocycles. The van der Waals surface area contributed by atoms with Gasteiger partial charge in [-0.1, -0.05) is 64.3 Å². The van der Waals surface area contributed by atoms with Crippen molar-refractivity contribution in [1.82, 2.24) is 4.57 Å². The predicted molar refractivity (Wildman–Crippen MR) is 178 cm³/mol. The Hall–Kier alpha value is -3.29. The van der Waals surface area contributed by atoms with Crippen molar-refractivity contribution in [2.24, 2.45) is 4.99 Å². The van der Waals surface area contributed by atoms with Gasteiger partial charge in [-0.3, -0.25) is 9.36 Å². The summed E-state index contributed by atoms with van der Waals surface area (Å²) in [5, 5.41) is 1.23. The molecule has 0 unspecified atom stereocenters. The van der Waals surface area contributed by atoms with Gasteiger partial charge in [0.2, 0.25) is 0 Å². The molecule has 5 rings (SSSR count). The number of rotatable bonds is 9. The lowest BCUT2D eigenvalue weighted by molar-refractivity contribution is -0.140. The molecule has 0 aliphatic carbocycles. The van der Waals surface area contributed by atoms with E-state index < -0.39 is 35.0 Å². The topological polar surface area (TPSA) is 79.1 Å². The summed E-state index contributed by atoms with van der Waals surface area (Å²) >= 11 is 22.6. The van der Waals surface area contributed by atoms with Gasteiger partial charge in [0.15, 0.2) is 22.0 Å². The van der Waals surface area contributed by atoms with Gasteiger partial charge in [-0.2, -0.15) is 13.2 Å². The number of alkyl halides is 3. The zero-order valence-corrected chi connectivity index (χ0v) is 29.1. The van der Waals surface area contributed by atoms with Gasteiger partial charge in [-0.05, 0) is 83.4 Å². The zero-order valence-electron chi connectivity index (χ0n) is 24.5. The molecule has 0 radical (unpaired) electrons. The number of ether oxygens (including phenoxy) is 3. The summed E-state index contributed by atoms with van der Waals surface area (Å²) in [6.45, 7) is 3.45. The van der Waals surface area contributed by atoms with E-state index in [0.717, 1.165) is 15.9 Å². The van der Waals surface area contributed by atoms with E-state index >= 15 is 0 Å². The van der Waals surface area contributed by atoms with Crippen molar-refractivity contribution in [2.45, 2.75) is 32.7 Å². The normalized spacial score (nSPS) is 14.9. The first-order valence-corrected chi connectivity index (χ1v) is 16.7. The largest absolute Gasteiger partial charge is 0.490 e. The molecule has 1 aliphatic rings. The Morgan fingerprint density at radius 1 is 1.02 bits per heavy atom. The Kier molecular flexibility index (Phi) is 10.8. The first kappa shape index (κ1) is 35.0. The van der Waals surface area contributed by atoms with Crippen LogP contribution in [0.3, 0.4) is 0 Å². The van der Waals surface area contributed by atoms with Gasteiger partial charge in [-0.25, -0.2) is 9.79 Å². The minimum absolute atomic E-state index is 0.0605. The highest BCUT2D eigenvalue weighted by Gasteiger charge is 2.45. The number of allylic oxidation sites excluding steroid dienone is 1. The monoisotopic (exact) mass is 788 g/mol. The lowest BCUT2D eigenvalue weighted by Gasteiger charge is -2.26. The fraction of sp³-hybridized carbons (Fsp3) is 0.219. The summed E-state index contributed by atoms with van der Waals surface area (Å²) in [4.78, 5) is 30.5. The third kappa shape index (κ3) is 7.57. The van der Waals surface area contributed by atoms with Crippen LogP contribution in [0.25, 0.3) is 6.08 Å². The van der Waals surface area contributed by atoms with Gasteiger partial charge in [0.25, 0.3) is 5.56 Å². The standard InChI is InChI=1S/C32H23BrCl3F3N2O5S/c1-3-44-23-12-16(11-21(33)27(23)46-15-18-7-10-20(35)14-22(18)36)13-24-29(42)41-26(17-5-8-19(34)9-6-17)25(30(43)45-4-2)28(32(37,38)39)40-31(41)47-24/h5-14,26H,3-4,15H2,1-2H3/b24-13-/t26-/m0/s1. The highest BCUT2D eigenvalue weighted by atomic mass is 79.9. The van der Waals surface area contributed by atoms with E-state index in [2.05, 4.69) is 20.9 Å². The lowest BCUT2D eigenvalue weighted by atomic mass is 9.95. The molecule has 1 aromatic heterocycles. The quantitative estimate of drug-likeness (QED) is 0.161. The Bertz CT molecular complexity index is 2060. The number of carbonyl (C=O) groups is 1. The minimum atomic E-state index is -5.02. The molecular weight excluding hydrogens is 768 g/mol. The van der Waals surface area contributed by atoms with Gasteiger partial charge in [0.1, 0.15) is 6.61 Å². The van der Waals surface area contributed by atoms with Crippen molar-refractivity contribution in [2.75, 3.05) is 13.2 Å². The molecule has 2 heterocycles. The predicted octanol–water partition coefficient (Wildman–Crippen LogP) is 8.04. The SMILES string of the molecule is CCOC(=O)C1=C(C(F)(F)F)N=c2s/c(=C\c3cc(Br)c(OCc4ccc(Cl)cc4Cl)c(OCC)c3)c(=O)n2[C@H]1c1ccc(Cl)cc1. The molecule has 4 aromatic rings. The van der Waals surface area contributed by atoms with Crippen LogP contribution in [-0.4, -0.2) is 29.9 Å². The number of nitrogens with zero attached hydrogens (tertiary/aromatic N) is 2. The average Bonchev–Trinajstić information content (AvgIpc) is 3.31. The summed E-state index contributed by atoms with van der Waals surface area (Å²) in [6, 6.07) is 12.7. The van der Waals surface area contributed by atoms with Gasteiger partial charge in [0.05, 0.1) is 33.8 Å². The number of benzene rings is 3. The molecular formula is C32H23BrCl3F3N2O5S. The van der Waals surface area contributed by atoms with Crippen LogP contribution in [0.4, 0.5) is 13.2 Å². The number of hydrogen-bond acceptors (Lipinski definition) is 7. The molecule has 3 aromatic carbocycles. The number of hydrogen-bond donors (Lipinski definition) is 0. The van der Waals surface area contributed by atoms with Crippen molar-refractivity contribution < 1.29 is 32.2 Å². The molecule has 0 spiro atoms. The summed E-state index contributed by atoms with van der Waals surface area (Å²) in [7, 11) is 0. The average molecular weight is 791 g/mol. The van der Waals surface area contributed by atoms with Crippen LogP contribution < -0.4 is 24.4 Å². The van der Waals surface area contributed by atoms with Gasteiger partial charge in [0, 0.05) is 20.6 Å². The van der Waals surface area contributed by atoms with Crippen molar-refractivity contribution in [3.8, 4) is 11.5 Å². The Balaban J connectivity index is 1.64. The van der Waals surface area contributed by atoms with Crippen LogP contribution in [0, 0.1) is 0 Å². The Morgan fingerprint density at radius 3 is 2.36 bits per heavy atom. The van der Waals surface area contributed by atoms with Crippen LogP contribution in [0.15, 0.2) is 80.1 Å². The zero-order chi connectivity index (χ0) is 34.0. The highest BCUT2D eigenvalue weighted by Crippen LogP contribution is 2.40. The van der Waals surface area contributed by atoms with E-state index in [-0.39, 0.29) is 34.7 Å². The fourth-order valence-electron chi connectivity index (χ4n) is 4.82. The van der Waals surface area contributed by atoms with Crippen LogP contribution in [0.2, 0.25) is 15.1 Å². The summed E-state index contributed by atoms with van der Waals surface area (Å²) in [5.74, 6) is -0.527. The molecule has 0 bridgehead atoms. The number of aromatic nitrogens is 1. The smallest absolute Gasteiger partial charge is 0.434 e. The van der Waals surface area contributed by atoms with Crippen LogP contribution >= 0.6 is 62.1 Å². The van der Waals surface area contributed by atoms with Crippen LogP contribution in [0.1, 0.15) is 36.6 Å². The van der Waals surface area contributed by atoms with E-state index in [0.29, 0.717) is 42.2 Å². The first-order valence-electron chi connectivity index (χ1n) is 13.9. The van der Waals surface area contributed by atoms with Crippen molar-refractivity contribution in [3.05, 3.63) is 122 Å². The molecule has 1 atom stereocenters. The Labute approximate surface area is 293 Å². The molecule has 7 nitrogen and oxygen atoms in total. The maximum absolute atomic E-state index is 14.4. The molecule has 0 fully saturated rings. The molecule has 15 heteroatoms. The number of carbonyl (C=O) groups excluding carboxylic acids is 1. The van der Waals surface area contributed by atoms with Crippen molar-refractivity contribution >= 4 is 74.1 Å². The maximum atomic E-state index is 14.4. The van der Waals surface area contributed by atoms with Crippen molar-refractivity contribution in [3.63, 3.8) is 0 Å². The summed E-state index contributed by atoms with van der Waals surface area (Å²) in [5.41, 5.74) is -1.52. The van der Waals surface area contributed by atoms with Crippen molar-refractivity contribution in [1.29, 1.82) is 0 Å².